The van der Waals surface area contributed by atoms with Crippen LogP contribution in [0.4, 0.5) is 0 Å². The van der Waals surface area contributed by atoms with Gasteiger partial charge in [-0.15, -0.1) is 37.2 Å². The van der Waals surface area contributed by atoms with E-state index in [9.17, 15) is 0 Å². The fraction of sp³-hybridized carbons (Fsp3) is 1.00. The van der Waals surface area contributed by atoms with Crippen LogP contribution in [0.25, 0.3) is 0 Å². The molecule has 4 heteroatoms. The van der Waals surface area contributed by atoms with Crippen LogP contribution in [0.2, 0.25) is 6.55 Å². The molecule has 0 aromatic carbocycles. The molecule has 3 radical (unpaired) electrons. The molecule has 0 atom stereocenters. The first-order valence-electron chi connectivity index (χ1n) is 0.500. The molecule has 5 heavy (non-hydrogen) atoms. The molecule has 0 N–H and O–H groups in total. The molecule has 0 spiro atoms. The van der Waals surface area contributed by atoms with Gasteiger partial charge in [-0.1, -0.05) is 6.55 Å². The van der Waals surface area contributed by atoms with Crippen LogP contribution < -0.4 is 0 Å². The van der Waals surface area contributed by atoms with Crippen LogP contribution in [0.5, 0.6) is 0 Å². The average molecular weight is 153 g/mol. The van der Waals surface area contributed by atoms with Crippen LogP contribution in [-0.4, -0.2) is 10.2 Å². The minimum atomic E-state index is 0. The van der Waals surface area contributed by atoms with Gasteiger partial charge in [-0.05, 0) is 0 Å². The zero-order valence-electron chi connectivity index (χ0n) is 2.72. The normalized spacial score (nSPS) is 1.20. The Hall–Kier alpha value is 1.09. The van der Waals surface area contributed by atoms with E-state index in [0.717, 1.165) is 0 Å². The molecule has 35 valence electrons. The minimum absolute atomic E-state index is 0. The smallest absolute Gasteiger partial charge is 0.0184 e. The van der Waals surface area contributed by atoms with Crippen molar-refractivity contribution < 1.29 is 0 Å². The summed E-state index contributed by atoms with van der Waals surface area (Å²) in [5, 5.41) is 0. The fourth-order valence-electron chi connectivity index (χ4n) is 0. The van der Waals surface area contributed by atoms with Crippen molar-refractivity contribution in [2.45, 2.75) is 6.55 Å². The molecule has 0 rings (SSSR count). The van der Waals surface area contributed by atoms with Crippen LogP contribution in [0.3, 0.4) is 0 Å². The SMILES string of the molecule is C[Si].Cl.Cl.Cl. The predicted molar refractivity (Wildman–Crippen MR) is 33.4 cm³/mol. The van der Waals surface area contributed by atoms with E-state index in [2.05, 4.69) is 10.2 Å². The highest BCUT2D eigenvalue weighted by molar-refractivity contribution is 6.05. The number of halogens is 3. The van der Waals surface area contributed by atoms with Crippen LogP contribution >= 0.6 is 37.2 Å². The van der Waals surface area contributed by atoms with Crippen molar-refractivity contribution in [3.8, 4) is 0 Å². The van der Waals surface area contributed by atoms with Gasteiger partial charge in [-0.2, -0.15) is 0 Å². The lowest BCUT2D eigenvalue weighted by atomic mass is 11.9. The van der Waals surface area contributed by atoms with Crippen molar-refractivity contribution in [3.05, 3.63) is 0 Å². The van der Waals surface area contributed by atoms with Gasteiger partial charge in [0.1, 0.15) is 0 Å². The Morgan fingerprint density at radius 1 is 0.800 bits per heavy atom. The van der Waals surface area contributed by atoms with Gasteiger partial charge in [-0.25, -0.2) is 0 Å². The number of hydrogen-bond donors (Lipinski definition) is 0. The Bertz CT molecular complexity index is 6.85. The monoisotopic (exact) mass is 151 g/mol. The summed E-state index contributed by atoms with van der Waals surface area (Å²) in [5.74, 6) is 0. The second kappa shape index (κ2) is 71.9. The first-order chi connectivity index (χ1) is 1.00. The molecule has 0 nitrogen and oxygen atoms in total. The first kappa shape index (κ1) is 36.2. The van der Waals surface area contributed by atoms with Crippen molar-refractivity contribution >= 4 is 47.5 Å². The lowest BCUT2D eigenvalue weighted by Gasteiger charge is -1.03. The molecule has 0 aliphatic rings. The molecular weight excluding hydrogens is 146 g/mol. The van der Waals surface area contributed by atoms with Crippen molar-refractivity contribution in [2.24, 2.45) is 0 Å². The topological polar surface area (TPSA) is 0 Å². The van der Waals surface area contributed by atoms with Gasteiger partial charge in [0.15, 0.2) is 0 Å². The summed E-state index contributed by atoms with van der Waals surface area (Å²) in [6, 6.07) is 0. The molecule has 0 aromatic rings. The Labute approximate surface area is 54.4 Å². The minimum Gasteiger partial charge on any atom is -0.147 e. The van der Waals surface area contributed by atoms with E-state index in [1.165, 1.54) is 0 Å². The molecule has 0 saturated carbocycles. The van der Waals surface area contributed by atoms with E-state index in [0.29, 0.717) is 0 Å². The Kier molecular flexibility index (Phi) is 520. The lowest BCUT2D eigenvalue weighted by molar-refractivity contribution is 2.40. The molecule has 0 amide bonds. The van der Waals surface area contributed by atoms with Gasteiger partial charge in [0.2, 0.25) is 0 Å². The molecule has 0 bridgehead atoms. The Morgan fingerprint density at radius 3 is 0.800 bits per heavy atom. The Balaban J connectivity index is -0.00000000167. The van der Waals surface area contributed by atoms with Gasteiger partial charge < -0.3 is 0 Å². The maximum atomic E-state index is 2.97. The summed E-state index contributed by atoms with van der Waals surface area (Å²) >= 11 is 0. The maximum Gasteiger partial charge on any atom is 0.0184 e. The highest BCUT2D eigenvalue weighted by atomic mass is 35.5. The van der Waals surface area contributed by atoms with Crippen LogP contribution in [-0.2, 0) is 0 Å². The van der Waals surface area contributed by atoms with E-state index in [1.807, 2.05) is 0 Å². The summed E-state index contributed by atoms with van der Waals surface area (Å²) in [7, 11) is 2.97. The largest absolute Gasteiger partial charge is 0.147 e. The maximum absolute atomic E-state index is 2.97. The molecule has 0 saturated heterocycles. The van der Waals surface area contributed by atoms with E-state index >= 15 is 0 Å². The zero-order chi connectivity index (χ0) is 2.00. The van der Waals surface area contributed by atoms with Gasteiger partial charge >= 0.3 is 0 Å². The van der Waals surface area contributed by atoms with E-state index in [1.54, 1.807) is 6.55 Å². The summed E-state index contributed by atoms with van der Waals surface area (Å²) in [6.07, 6.45) is 0. The summed E-state index contributed by atoms with van der Waals surface area (Å²) in [5.41, 5.74) is 0. The zero-order valence-corrected chi connectivity index (χ0v) is 6.17. The second-order valence-electron chi connectivity index (χ2n) is 0. The van der Waals surface area contributed by atoms with Gasteiger partial charge in [0.25, 0.3) is 0 Å². The van der Waals surface area contributed by atoms with E-state index in [4.69, 9.17) is 0 Å². The van der Waals surface area contributed by atoms with Crippen LogP contribution in [0.1, 0.15) is 0 Å². The van der Waals surface area contributed by atoms with Crippen molar-refractivity contribution in [2.75, 3.05) is 0 Å². The third-order valence-corrected chi connectivity index (χ3v) is 0. The van der Waals surface area contributed by atoms with Gasteiger partial charge in [0, 0.05) is 10.2 Å². The van der Waals surface area contributed by atoms with E-state index < -0.39 is 0 Å². The summed E-state index contributed by atoms with van der Waals surface area (Å²) in [4.78, 5) is 0. The third kappa shape index (κ3) is 41.0. The summed E-state index contributed by atoms with van der Waals surface area (Å²) in [6.45, 7) is 1.81. The first-order valence-corrected chi connectivity index (χ1v) is 1.50. The molecule has 0 aromatic heterocycles. The van der Waals surface area contributed by atoms with Crippen LogP contribution in [0.15, 0.2) is 0 Å². The van der Waals surface area contributed by atoms with Crippen molar-refractivity contribution in [1.82, 2.24) is 0 Å². The fourth-order valence-corrected chi connectivity index (χ4v) is 0. The number of hydrogen-bond acceptors (Lipinski definition) is 0. The van der Waals surface area contributed by atoms with E-state index in [-0.39, 0.29) is 37.2 Å². The quantitative estimate of drug-likeness (QED) is 0.461. The van der Waals surface area contributed by atoms with Gasteiger partial charge in [0.05, 0.1) is 0 Å². The lowest BCUT2D eigenvalue weighted by Crippen LogP contribution is -1.13. The van der Waals surface area contributed by atoms with Crippen molar-refractivity contribution in [3.63, 3.8) is 0 Å². The molecule has 0 aliphatic carbocycles. The standard InChI is InChI=1S/CH3Si.3ClH/c1-2;;;/h1H3;3*1H. The highest BCUT2D eigenvalue weighted by Crippen LogP contribution is 0.960. The second-order valence-corrected chi connectivity index (χ2v) is 0. The molecule has 0 aliphatic heterocycles. The predicted octanol–water partition coefficient (Wildman–Crippen LogP) is 1.47. The van der Waals surface area contributed by atoms with Gasteiger partial charge in [-0.3, -0.25) is 0 Å². The summed E-state index contributed by atoms with van der Waals surface area (Å²) < 4.78 is 0. The van der Waals surface area contributed by atoms with Crippen LogP contribution in [0, 0.1) is 0 Å². The van der Waals surface area contributed by atoms with Crippen molar-refractivity contribution in [1.29, 1.82) is 0 Å². The number of rotatable bonds is 0. The third-order valence-electron chi connectivity index (χ3n) is 0. The average Bonchev–Trinajstić information content (AvgIpc) is 1.00. The molecular formula is CH6Cl3Si. The molecule has 0 heterocycles. The molecule has 0 unspecified atom stereocenters. The Morgan fingerprint density at radius 2 is 0.800 bits per heavy atom. The molecule has 0 fully saturated rings. The highest BCUT2D eigenvalue weighted by Gasteiger charge is 0.972.